The fourth-order valence-corrected chi connectivity index (χ4v) is 2.14. The van der Waals surface area contributed by atoms with Crippen LogP contribution in [0.3, 0.4) is 0 Å². The molecule has 0 amide bonds. The highest BCUT2D eigenvalue weighted by atomic mass is 19.1. The van der Waals surface area contributed by atoms with Gasteiger partial charge < -0.3 is 5.73 Å². The highest BCUT2D eigenvalue weighted by Gasteiger charge is 2.17. The summed E-state index contributed by atoms with van der Waals surface area (Å²) in [6, 6.07) is 13.9. The maximum atomic E-state index is 13.8. The molecule has 2 aromatic carbocycles. The monoisotopic (exact) mass is 285 g/mol. The molecule has 1 atom stereocenters. The number of hydrogen-bond acceptors (Lipinski definition) is 2. The summed E-state index contributed by atoms with van der Waals surface area (Å²) >= 11 is 0. The molecule has 21 heavy (non-hydrogen) atoms. The zero-order chi connectivity index (χ0) is 14.8. The zero-order valence-corrected chi connectivity index (χ0v) is 11.1. The molecule has 106 valence electrons. The lowest BCUT2D eigenvalue weighted by Crippen LogP contribution is -2.15. The number of halogens is 2. The summed E-state index contributed by atoms with van der Waals surface area (Å²) in [6.45, 7) is 0. The van der Waals surface area contributed by atoms with Gasteiger partial charge in [-0.2, -0.15) is 5.10 Å². The first-order valence-electron chi connectivity index (χ1n) is 6.46. The second-order valence-electron chi connectivity index (χ2n) is 4.66. The van der Waals surface area contributed by atoms with E-state index in [0.717, 1.165) is 11.8 Å². The van der Waals surface area contributed by atoms with Gasteiger partial charge in [-0.1, -0.05) is 24.3 Å². The van der Waals surface area contributed by atoms with E-state index in [-0.39, 0.29) is 5.56 Å². The van der Waals surface area contributed by atoms with Gasteiger partial charge in [0.2, 0.25) is 0 Å². The fourth-order valence-electron chi connectivity index (χ4n) is 2.14. The molecular formula is C16H13F2N3. The molecule has 0 saturated carbocycles. The first-order chi connectivity index (χ1) is 10.1. The molecule has 2 N–H and O–H groups in total. The van der Waals surface area contributed by atoms with Crippen molar-refractivity contribution < 1.29 is 8.78 Å². The Kier molecular flexibility index (Phi) is 3.50. The molecule has 1 aromatic heterocycles. The summed E-state index contributed by atoms with van der Waals surface area (Å²) < 4.78 is 28.4. The van der Waals surface area contributed by atoms with Gasteiger partial charge in [-0.05, 0) is 24.3 Å². The summed E-state index contributed by atoms with van der Waals surface area (Å²) in [5.41, 5.74) is 7.64. The molecule has 0 aliphatic carbocycles. The number of rotatable bonds is 3. The summed E-state index contributed by atoms with van der Waals surface area (Å²) in [5, 5.41) is 4.35. The van der Waals surface area contributed by atoms with E-state index in [2.05, 4.69) is 5.10 Å². The molecule has 0 aliphatic rings. The quantitative estimate of drug-likeness (QED) is 0.803. The average molecular weight is 285 g/mol. The second kappa shape index (κ2) is 5.46. The van der Waals surface area contributed by atoms with E-state index < -0.39 is 17.7 Å². The van der Waals surface area contributed by atoms with E-state index >= 15 is 0 Å². The normalized spacial score (nSPS) is 12.3. The number of nitrogens with zero attached hydrogens (tertiary/aromatic N) is 2. The fraction of sp³-hybridized carbons (Fsp3) is 0.0625. The number of para-hydroxylation sites is 1. The Morgan fingerprint density at radius 3 is 2.48 bits per heavy atom. The van der Waals surface area contributed by atoms with Crippen LogP contribution in [0.5, 0.6) is 0 Å². The Balaban J connectivity index is 1.92. The highest BCUT2D eigenvalue weighted by molar-refractivity contribution is 5.33. The lowest BCUT2D eigenvalue weighted by molar-refractivity contribution is 0.564. The largest absolute Gasteiger partial charge is 0.319 e. The van der Waals surface area contributed by atoms with Crippen LogP contribution in [0.2, 0.25) is 0 Å². The van der Waals surface area contributed by atoms with Crippen molar-refractivity contribution in [2.75, 3.05) is 0 Å². The molecular weight excluding hydrogens is 272 g/mol. The molecule has 0 bridgehead atoms. The minimum Gasteiger partial charge on any atom is -0.319 e. The van der Waals surface area contributed by atoms with Gasteiger partial charge in [0, 0.05) is 17.8 Å². The standard InChI is InChI=1S/C16H13F2N3/c17-11-6-7-13(14(18)10-11)16(19)15-8-9-21(20-15)12-4-2-1-3-5-12/h1-10,16H,19H2. The Labute approximate surface area is 120 Å². The average Bonchev–Trinajstić information content (AvgIpc) is 2.97. The summed E-state index contributed by atoms with van der Waals surface area (Å²) in [4.78, 5) is 0. The van der Waals surface area contributed by atoms with Crippen LogP contribution in [0.25, 0.3) is 5.69 Å². The molecule has 0 spiro atoms. The first kappa shape index (κ1) is 13.5. The highest BCUT2D eigenvalue weighted by Crippen LogP contribution is 2.22. The van der Waals surface area contributed by atoms with Crippen LogP contribution < -0.4 is 5.73 Å². The van der Waals surface area contributed by atoms with Crippen molar-refractivity contribution in [2.24, 2.45) is 5.73 Å². The van der Waals surface area contributed by atoms with Crippen molar-refractivity contribution in [3.8, 4) is 5.69 Å². The number of aromatic nitrogens is 2. The van der Waals surface area contributed by atoms with Gasteiger partial charge in [0.1, 0.15) is 11.6 Å². The van der Waals surface area contributed by atoms with E-state index in [9.17, 15) is 8.78 Å². The summed E-state index contributed by atoms with van der Waals surface area (Å²) in [6.07, 6.45) is 1.76. The van der Waals surface area contributed by atoms with Gasteiger partial charge in [0.15, 0.2) is 0 Å². The maximum Gasteiger partial charge on any atom is 0.131 e. The molecule has 0 aliphatic heterocycles. The Bertz CT molecular complexity index is 753. The number of nitrogens with two attached hydrogens (primary N) is 1. The van der Waals surface area contributed by atoms with E-state index in [1.807, 2.05) is 30.3 Å². The van der Waals surface area contributed by atoms with Crippen molar-refractivity contribution in [2.45, 2.75) is 6.04 Å². The van der Waals surface area contributed by atoms with Crippen molar-refractivity contribution in [3.63, 3.8) is 0 Å². The van der Waals surface area contributed by atoms with E-state index in [4.69, 9.17) is 5.73 Å². The SMILES string of the molecule is NC(c1ccn(-c2ccccc2)n1)c1ccc(F)cc1F. The van der Waals surface area contributed by atoms with Gasteiger partial charge in [0.25, 0.3) is 0 Å². The molecule has 1 unspecified atom stereocenters. The zero-order valence-electron chi connectivity index (χ0n) is 11.1. The van der Waals surface area contributed by atoms with Gasteiger partial charge in [0.05, 0.1) is 17.4 Å². The molecule has 0 saturated heterocycles. The molecule has 0 fully saturated rings. The number of benzene rings is 2. The van der Waals surface area contributed by atoms with Crippen LogP contribution in [0.4, 0.5) is 8.78 Å². The maximum absolute atomic E-state index is 13.8. The van der Waals surface area contributed by atoms with E-state index in [1.165, 1.54) is 12.1 Å². The van der Waals surface area contributed by atoms with Crippen molar-refractivity contribution in [1.82, 2.24) is 9.78 Å². The Morgan fingerprint density at radius 2 is 1.76 bits per heavy atom. The first-order valence-corrected chi connectivity index (χ1v) is 6.46. The van der Waals surface area contributed by atoms with Crippen LogP contribution in [0.15, 0.2) is 60.8 Å². The Hall–Kier alpha value is -2.53. The Morgan fingerprint density at radius 1 is 1.00 bits per heavy atom. The van der Waals surface area contributed by atoms with E-state index in [0.29, 0.717) is 5.69 Å². The third-order valence-corrected chi connectivity index (χ3v) is 3.25. The van der Waals surface area contributed by atoms with Crippen molar-refractivity contribution in [3.05, 3.63) is 83.7 Å². The minimum absolute atomic E-state index is 0.217. The summed E-state index contributed by atoms with van der Waals surface area (Å²) in [7, 11) is 0. The van der Waals surface area contributed by atoms with Crippen LogP contribution in [-0.4, -0.2) is 9.78 Å². The number of hydrogen-bond donors (Lipinski definition) is 1. The lowest BCUT2D eigenvalue weighted by Gasteiger charge is -2.10. The van der Waals surface area contributed by atoms with Crippen LogP contribution >= 0.6 is 0 Å². The molecule has 3 rings (SSSR count). The van der Waals surface area contributed by atoms with Gasteiger partial charge in [-0.25, -0.2) is 13.5 Å². The predicted octanol–water partition coefficient (Wildman–Crippen LogP) is 3.20. The van der Waals surface area contributed by atoms with Crippen molar-refractivity contribution in [1.29, 1.82) is 0 Å². The topological polar surface area (TPSA) is 43.8 Å². The molecule has 1 heterocycles. The predicted molar refractivity (Wildman–Crippen MR) is 76.0 cm³/mol. The minimum atomic E-state index is -0.740. The van der Waals surface area contributed by atoms with E-state index in [1.54, 1.807) is 16.9 Å². The third-order valence-electron chi connectivity index (χ3n) is 3.25. The van der Waals surface area contributed by atoms with Crippen LogP contribution in [0, 0.1) is 11.6 Å². The summed E-state index contributed by atoms with van der Waals surface area (Å²) in [5.74, 6) is -1.30. The molecule has 0 radical (unpaired) electrons. The second-order valence-corrected chi connectivity index (χ2v) is 4.66. The van der Waals surface area contributed by atoms with Gasteiger partial charge >= 0.3 is 0 Å². The van der Waals surface area contributed by atoms with Gasteiger partial charge in [-0.15, -0.1) is 0 Å². The lowest BCUT2D eigenvalue weighted by atomic mass is 10.0. The smallest absolute Gasteiger partial charge is 0.131 e. The molecule has 3 nitrogen and oxygen atoms in total. The van der Waals surface area contributed by atoms with Crippen LogP contribution in [0.1, 0.15) is 17.3 Å². The van der Waals surface area contributed by atoms with Gasteiger partial charge in [-0.3, -0.25) is 0 Å². The third kappa shape index (κ3) is 2.68. The van der Waals surface area contributed by atoms with Crippen molar-refractivity contribution >= 4 is 0 Å². The molecule has 5 heteroatoms. The molecule has 3 aromatic rings. The van der Waals surface area contributed by atoms with Crippen LogP contribution in [-0.2, 0) is 0 Å².